The molecule has 13 heavy (non-hydrogen) atoms. The van der Waals surface area contributed by atoms with Gasteiger partial charge in [0.05, 0.1) is 6.61 Å². The van der Waals surface area contributed by atoms with E-state index in [2.05, 4.69) is 5.18 Å². The third-order valence-corrected chi connectivity index (χ3v) is 1.74. The van der Waals surface area contributed by atoms with Crippen molar-refractivity contribution < 1.29 is 4.74 Å². The lowest BCUT2D eigenvalue weighted by molar-refractivity contribution is 0.315. The van der Waals surface area contributed by atoms with E-state index in [4.69, 9.17) is 4.74 Å². The molecule has 0 radical (unpaired) electrons. The lowest BCUT2D eigenvalue weighted by atomic mass is 10.2. The molecule has 0 spiro atoms. The Morgan fingerprint density at radius 1 is 1.46 bits per heavy atom. The van der Waals surface area contributed by atoms with Gasteiger partial charge in [-0.25, -0.2) is 0 Å². The van der Waals surface area contributed by atoms with Gasteiger partial charge >= 0.3 is 0 Å². The normalized spacial score (nSPS) is 9.69. The molecule has 70 valence electrons. The van der Waals surface area contributed by atoms with Crippen molar-refractivity contribution in [2.45, 2.75) is 20.3 Å². The van der Waals surface area contributed by atoms with Crippen molar-refractivity contribution in [1.29, 1.82) is 0 Å². The molecule has 0 aliphatic rings. The van der Waals surface area contributed by atoms with E-state index in [1.807, 2.05) is 19.9 Å². The number of aryl methyl sites for hydroxylation is 1. The first-order valence-corrected chi connectivity index (χ1v) is 4.34. The van der Waals surface area contributed by atoms with Gasteiger partial charge in [0.2, 0.25) is 0 Å². The van der Waals surface area contributed by atoms with Crippen molar-refractivity contribution in [2.24, 2.45) is 5.18 Å². The summed E-state index contributed by atoms with van der Waals surface area (Å²) in [5.74, 6) is 0.749. The van der Waals surface area contributed by atoms with Gasteiger partial charge in [-0.15, -0.1) is 4.91 Å². The lowest BCUT2D eigenvalue weighted by Gasteiger charge is -2.07. The van der Waals surface area contributed by atoms with E-state index in [9.17, 15) is 4.91 Å². The average Bonchev–Trinajstić information content (AvgIpc) is 2.17. The van der Waals surface area contributed by atoms with E-state index in [0.717, 1.165) is 17.7 Å². The zero-order valence-electron chi connectivity index (χ0n) is 7.91. The van der Waals surface area contributed by atoms with E-state index >= 15 is 0 Å². The molecule has 0 aliphatic heterocycles. The van der Waals surface area contributed by atoms with Crippen LogP contribution in [0, 0.1) is 11.8 Å². The number of rotatable bonds is 4. The Labute approximate surface area is 77.7 Å². The smallest absolute Gasteiger partial charge is 0.124 e. The van der Waals surface area contributed by atoms with Crippen LogP contribution in [0.1, 0.15) is 18.9 Å². The van der Waals surface area contributed by atoms with Crippen molar-refractivity contribution >= 4 is 5.69 Å². The number of ether oxygens (including phenoxy) is 1. The van der Waals surface area contributed by atoms with E-state index < -0.39 is 0 Å². The first kappa shape index (κ1) is 9.71. The molecule has 0 saturated heterocycles. The Morgan fingerprint density at radius 3 is 2.85 bits per heavy atom. The summed E-state index contributed by atoms with van der Waals surface area (Å²) in [7, 11) is 0. The largest absolute Gasteiger partial charge is 0.493 e. The number of nitrogens with zero attached hydrogens (tertiary/aromatic N) is 1. The zero-order valence-corrected chi connectivity index (χ0v) is 7.91. The highest BCUT2D eigenvalue weighted by Gasteiger charge is 2.00. The molecular weight excluding hydrogens is 166 g/mol. The minimum atomic E-state index is 0.414. The predicted molar refractivity (Wildman–Crippen MR) is 52.4 cm³/mol. The van der Waals surface area contributed by atoms with Crippen LogP contribution in [-0.4, -0.2) is 6.61 Å². The summed E-state index contributed by atoms with van der Waals surface area (Å²) in [6, 6.07) is 5.18. The second-order valence-electron chi connectivity index (χ2n) is 2.89. The highest BCUT2D eigenvalue weighted by molar-refractivity contribution is 5.47. The minimum absolute atomic E-state index is 0.414. The van der Waals surface area contributed by atoms with Crippen molar-refractivity contribution in [3.05, 3.63) is 28.7 Å². The Kier molecular flexibility index (Phi) is 3.43. The van der Waals surface area contributed by atoms with Crippen molar-refractivity contribution in [3.63, 3.8) is 0 Å². The van der Waals surface area contributed by atoms with Crippen LogP contribution in [0.2, 0.25) is 0 Å². The maximum atomic E-state index is 10.2. The Balaban J connectivity index is 2.83. The molecule has 0 saturated carbocycles. The van der Waals surface area contributed by atoms with Gasteiger partial charge in [-0.2, -0.15) is 0 Å². The van der Waals surface area contributed by atoms with Gasteiger partial charge in [0, 0.05) is 6.07 Å². The molecule has 1 aromatic rings. The van der Waals surface area contributed by atoms with Gasteiger partial charge in [-0.3, -0.25) is 0 Å². The van der Waals surface area contributed by atoms with Gasteiger partial charge in [0.1, 0.15) is 11.4 Å². The average molecular weight is 179 g/mol. The number of hydrogen-bond acceptors (Lipinski definition) is 3. The lowest BCUT2D eigenvalue weighted by Crippen LogP contribution is -1.96. The monoisotopic (exact) mass is 179 g/mol. The fourth-order valence-corrected chi connectivity index (χ4v) is 1.01. The summed E-state index contributed by atoms with van der Waals surface area (Å²) in [6.07, 6.45) is 0.957. The highest BCUT2D eigenvalue weighted by Crippen LogP contribution is 2.24. The predicted octanol–water partition coefficient (Wildman–Crippen LogP) is 3.18. The van der Waals surface area contributed by atoms with E-state index in [1.54, 1.807) is 12.1 Å². The maximum Gasteiger partial charge on any atom is 0.124 e. The molecule has 0 fully saturated rings. The fourth-order valence-electron chi connectivity index (χ4n) is 1.01. The molecule has 0 heterocycles. The Morgan fingerprint density at radius 2 is 2.23 bits per heavy atom. The summed E-state index contributed by atoms with van der Waals surface area (Å²) < 4.78 is 5.43. The van der Waals surface area contributed by atoms with Gasteiger partial charge in [0.25, 0.3) is 0 Å². The maximum absolute atomic E-state index is 10.2. The number of nitroso groups, excluding NO2 is 1. The molecule has 0 N–H and O–H groups in total. The molecule has 1 rings (SSSR count). The SMILES string of the molecule is CCCOc1cc(N=O)ccc1C. The van der Waals surface area contributed by atoms with Crippen molar-refractivity contribution in [3.8, 4) is 5.75 Å². The second kappa shape index (κ2) is 4.60. The van der Waals surface area contributed by atoms with Gasteiger partial charge < -0.3 is 4.74 Å². The Hall–Kier alpha value is -1.38. The minimum Gasteiger partial charge on any atom is -0.493 e. The summed E-state index contributed by atoms with van der Waals surface area (Å²) in [6.45, 7) is 4.65. The van der Waals surface area contributed by atoms with Crippen LogP contribution in [0.25, 0.3) is 0 Å². The van der Waals surface area contributed by atoms with Gasteiger partial charge in [-0.1, -0.05) is 13.0 Å². The van der Waals surface area contributed by atoms with Crippen LogP contribution in [0.15, 0.2) is 23.4 Å². The summed E-state index contributed by atoms with van der Waals surface area (Å²) in [4.78, 5) is 10.2. The molecule has 3 heteroatoms. The highest BCUT2D eigenvalue weighted by atomic mass is 16.5. The molecule has 3 nitrogen and oxygen atoms in total. The van der Waals surface area contributed by atoms with Crippen LogP contribution < -0.4 is 4.74 Å². The molecule has 1 aromatic carbocycles. The fraction of sp³-hybridized carbons (Fsp3) is 0.400. The van der Waals surface area contributed by atoms with Crippen molar-refractivity contribution in [2.75, 3.05) is 6.61 Å². The molecular formula is C10H13NO2. The number of benzene rings is 1. The standard InChI is InChI=1S/C10H13NO2/c1-3-6-13-10-7-9(11-12)5-4-8(10)2/h4-5,7H,3,6H2,1-2H3. The molecule has 0 amide bonds. The third kappa shape index (κ3) is 2.54. The quantitative estimate of drug-likeness (QED) is 0.666. The number of hydrogen-bond donors (Lipinski definition) is 0. The molecule has 0 bridgehead atoms. The molecule has 0 aromatic heterocycles. The van der Waals surface area contributed by atoms with Crippen LogP contribution in [-0.2, 0) is 0 Å². The summed E-state index contributed by atoms with van der Waals surface area (Å²) >= 11 is 0. The second-order valence-corrected chi connectivity index (χ2v) is 2.89. The molecule has 0 unspecified atom stereocenters. The van der Waals surface area contributed by atoms with E-state index in [0.29, 0.717) is 12.3 Å². The van der Waals surface area contributed by atoms with Crippen LogP contribution in [0.4, 0.5) is 5.69 Å². The summed E-state index contributed by atoms with van der Waals surface area (Å²) in [5, 5.41) is 2.85. The van der Waals surface area contributed by atoms with E-state index in [-0.39, 0.29) is 0 Å². The van der Waals surface area contributed by atoms with Crippen LogP contribution in [0.5, 0.6) is 5.75 Å². The van der Waals surface area contributed by atoms with Crippen LogP contribution >= 0.6 is 0 Å². The summed E-state index contributed by atoms with van der Waals surface area (Å²) in [5.41, 5.74) is 1.44. The molecule has 0 aliphatic carbocycles. The first-order chi connectivity index (χ1) is 6.27. The van der Waals surface area contributed by atoms with Gasteiger partial charge in [0.15, 0.2) is 0 Å². The molecule has 0 atom stereocenters. The zero-order chi connectivity index (χ0) is 9.68. The van der Waals surface area contributed by atoms with Gasteiger partial charge in [-0.05, 0) is 30.2 Å². The van der Waals surface area contributed by atoms with Crippen molar-refractivity contribution in [1.82, 2.24) is 0 Å². The third-order valence-electron chi connectivity index (χ3n) is 1.74. The van der Waals surface area contributed by atoms with E-state index in [1.165, 1.54) is 0 Å². The first-order valence-electron chi connectivity index (χ1n) is 4.34. The van der Waals surface area contributed by atoms with Crippen LogP contribution in [0.3, 0.4) is 0 Å². The topological polar surface area (TPSA) is 38.7 Å². The Bertz CT molecular complexity index is 297.